The zero-order chi connectivity index (χ0) is 9.14. The van der Waals surface area contributed by atoms with E-state index >= 15 is 0 Å². The Bertz CT molecular complexity index is 290. The highest BCUT2D eigenvalue weighted by molar-refractivity contribution is 5.21. The van der Waals surface area contributed by atoms with Crippen LogP contribution >= 0.6 is 0 Å². The van der Waals surface area contributed by atoms with Crippen LogP contribution in [0.4, 0.5) is 13.2 Å². The molecule has 66 valence electrons. The van der Waals surface area contributed by atoms with Crippen LogP contribution in [0.1, 0.15) is 6.92 Å². The summed E-state index contributed by atoms with van der Waals surface area (Å²) in [6.07, 6.45) is 0.465. The molecule has 0 atom stereocenters. The van der Waals surface area contributed by atoms with Crippen molar-refractivity contribution in [1.29, 1.82) is 0 Å². The highest BCUT2D eigenvalue weighted by Crippen LogP contribution is 2.21. The molecule has 0 radical (unpaired) electrons. The maximum absolute atomic E-state index is 12.7. The lowest BCUT2D eigenvalue weighted by Gasteiger charge is -2.04. The highest BCUT2D eigenvalue weighted by Gasteiger charge is 2.15. The first-order valence-electron chi connectivity index (χ1n) is 3.29. The SMILES string of the molecule is CCOc1c(F)ncc(F)c1F. The first kappa shape index (κ1) is 8.83. The van der Waals surface area contributed by atoms with Gasteiger partial charge in [-0.25, -0.2) is 9.37 Å². The van der Waals surface area contributed by atoms with Crippen molar-refractivity contribution in [2.45, 2.75) is 6.92 Å². The van der Waals surface area contributed by atoms with Crippen molar-refractivity contribution < 1.29 is 17.9 Å². The van der Waals surface area contributed by atoms with Gasteiger partial charge in [0.05, 0.1) is 12.8 Å². The molecule has 0 saturated heterocycles. The van der Waals surface area contributed by atoms with Gasteiger partial charge in [-0.1, -0.05) is 0 Å². The predicted molar refractivity (Wildman–Crippen MR) is 35.3 cm³/mol. The maximum atomic E-state index is 12.7. The second kappa shape index (κ2) is 3.42. The number of hydrogen-bond donors (Lipinski definition) is 0. The fourth-order valence-electron chi connectivity index (χ4n) is 0.695. The van der Waals surface area contributed by atoms with Crippen molar-refractivity contribution in [2.24, 2.45) is 0 Å². The Labute approximate surface area is 67.0 Å². The van der Waals surface area contributed by atoms with Crippen molar-refractivity contribution in [3.63, 3.8) is 0 Å². The third kappa shape index (κ3) is 1.49. The molecule has 0 bridgehead atoms. The monoisotopic (exact) mass is 177 g/mol. The molecule has 0 amide bonds. The standard InChI is InChI=1S/C7H6F3NO/c1-2-12-6-5(9)4(8)3-11-7(6)10/h3H,2H2,1H3. The van der Waals surface area contributed by atoms with Crippen molar-refractivity contribution in [3.05, 3.63) is 23.8 Å². The van der Waals surface area contributed by atoms with Crippen LogP contribution in [0.5, 0.6) is 5.75 Å². The Morgan fingerprint density at radius 3 is 2.67 bits per heavy atom. The number of rotatable bonds is 2. The molecule has 1 aromatic rings. The molecule has 0 saturated carbocycles. The average Bonchev–Trinajstić information content (AvgIpc) is 2.06. The van der Waals surface area contributed by atoms with Crippen molar-refractivity contribution >= 4 is 0 Å². The van der Waals surface area contributed by atoms with Gasteiger partial charge in [0.15, 0.2) is 5.82 Å². The third-order valence-electron chi connectivity index (χ3n) is 1.18. The highest BCUT2D eigenvalue weighted by atomic mass is 19.2. The van der Waals surface area contributed by atoms with E-state index in [1.54, 1.807) is 0 Å². The normalized spacial score (nSPS) is 10.0. The number of halogens is 3. The number of ether oxygens (including phenoxy) is 1. The summed E-state index contributed by atoms with van der Waals surface area (Å²) in [5.41, 5.74) is 0. The van der Waals surface area contributed by atoms with Crippen LogP contribution in [0.3, 0.4) is 0 Å². The summed E-state index contributed by atoms with van der Waals surface area (Å²) in [7, 11) is 0. The second-order valence-electron chi connectivity index (χ2n) is 1.97. The van der Waals surface area contributed by atoms with E-state index in [2.05, 4.69) is 9.72 Å². The molecule has 5 heteroatoms. The van der Waals surface area contributed by atoms with E-state index in [0.29, 0.717) is 6.20 Å². The first-order valence-corrected chi connectivity index (χ1v) is 3.29. The molecule has 1 aromatic heterocycles. The lowest BCUT2D eigenvalue weighted by Crippen LogP contribution is -2.01. The Balaban J connectivity index is 3.14. The zero-order valence-corrected chi connectivity index (χ0v) is 6.27. The van der Waals surface area contributed by atoms with Gasteiger partial charge in [0.25, 0.3) is 5.95 Å². The predicted octanol–water partition coefficient (Wildman–Crippen LogP) is 1.90. The molecule has 12 heavy (non-hydrogen) atoms. The molecule has 0 aliphatic rings. The first-order chi connectivity index (χ1) is 5.66. The lowest BCUT2D eigenvalue weighted by molar-refractivity contribution is 0.289. The molecule has 0 aromatic carbocycles. The molecular weight excluding hydrogens is 171 g/mol. The van der Waals surface area contributed by atoms with Crippen molar-refractivity contribution in [2.75, 3.05) is 6.61 Å². The second-order valence-corrected chi connectivity index (χ2v) is 1.97. The summed E-state index contributed by atoms with van der Waals surface area (Å²) in [4.78, 5) is 2.95. The molecule has 0 N–H and O–H groups in total. The van der Waals surface area contributed by atoms with E-state index in [9.17, 15) is 13.2 Å². The average molecular weight is 177 g/mol. The summed E-state index contributed by atoms with van der Waals surface area (Å²) in [6.45, 7) is 1.59. The quantitative estimate of drug-likeness (QED) is 0.643. The van der Waals surface area contributed by atoms with Gasteiger partial charge in [-0.15, -0.1) is 0 Å². The Morgan fingerprint density at radius 1 is 1.42 bits per heavy atom. The summed E-state index contributed by atoms with van der Waals surface area (Å²) in [5, 5.41) is 0. The van der Waals surface area contributed by atoms with E-state index in [4.69, 9.17) is 0 Å². The van der Waals surface area contributed by atoms with Crippen LogP contribution in [0.15, 0.2) is 6.20 Å². The minimum absolute atomic E-state index is 0.0545. The van der Waals surface area contributed by atoms with E-state index in [1.807, 2.05) is 0 Å². The van der Waals surface area contributed by atoms with E-state index < -0.39 is 23.3 Å². The minimum Gasteiger partial charge on any atom is -0.487 e. The largest absolute Gasteiger partial charge is 0.487 e. The maximum Gasteiger partial charge on any atom is 0.258 e. The molecular formula is C7H6F3NO. The fraction of sp³-hybridized carbons (Fsp3) is 0.286. The van der Waals surface area contributed by atoms with Gasteiger partial charge in [0.1, 0.15) is 0 Å². The molecule has 0 aliphatic heterocycles. The van der Waals surface area contributed by atoms with Crippen LogP contribution in [0.25, 0.3) is 0 Å². The third-order valence-corrected chi connectivity index (χ3v) is 1.18. The van der Waals surface area contributed by atoms with Gasteiger partial charge in [-0.3, -0.25) is 0 Å². The van der Waals surface area contributed by atoms with Crippen LogP contribution in [0, 0.1) is 17.6 Å². The molecule has 1 heterocycles. The molecule has 0 fully saturated rings. The van der Waals surface area contributed by atoms with Crippen LogP contribution in [-0.4, -0.2) is 11.6 Å². The molecule has 1 rings (SSSR count). The van der Waals surface area contributed by atoms with E-state index in [-0.39, 0.29) is 6.61 Å². The van der Waals surface area contributed by atoms with Crippen molar-refractivity contribution in [1.82, 2.24) is 4.98 Å². The van der Waals surface area contributed by atoms with E-state index in [1.165, 1.54) is 6.92 Å². The van der Waals surface area contributed by atoms with Gasteiger partial charge < -0.3 is 4.74 Å². The molecule has 0 aliphatic carbocycles. The van der Waals surface area contributed by atoms with Crippen LogP contribution in [0.2, 0.25) is 0 Å². The van der Waals surface area contributed by atoms with Crippen LogP contribution < -0.4 is 4.74 Å². The summed E-state index contributed by atoms with van der Waals surface area (Å²) in [5.74, 6) is -4.47. The topological polar surface area (TPSA) is 22.1 Å². The number of hydrogen-bond acceptors (Lipinski definition) is 2. The minimum atomic E-state index is -1.34. The van der Waals surface area contributed by atoms with Gasteiger partial charge >= 0.3 is 0 Å². The molecule has 2 nitrogen and oxygen atoms in total. The van der Waals surface area contributed by atoms with Gasteiger partial charge in [-0.2, -0.15) is 8.78 Å². The Morgan fingerprint density at radius 2 is 2.08 bits per heavy atom. The smallest absolute Gasteiger partial charge is 0.258 e. The van der Waals surface area contributed by atoms with Crippen molar-refractivity contribution in [3.8, 4) is 5.75 Å². The summed E-state index contributed by atoms with van der Waals surface area (Å²) < 4.78 is 42.1. The molecule has 0 spiro atoms. The van der Waals surface area contributed by atoms with Gasteiger partial charge in [0, 0.05) is 0 Å². The Kier molecular flexibility index (Phi) is 2.52. The van der Waals surface area contributed by atoms with Crippen LogP contribution in [-0.2, 0) is 0 Å². The molecule has 0 unspecified atom stereocenters. The fourth-order valence-corrected chi connectivity index (χ4v) is 0.695. The lowest BCUT2D eigenvalue weighted by atomic mass is 10.4. The van der Waals surface area contributed by atoms with E-state index in [0.717, 1.165) is 0 Å². The van der Waals surface area contributed by atoms with Gasteiger partial charge in [0.2, 0.25) is 11.6 Å². The van der Waals surface area contributed by atoms with Gasteiger partial charge in [-0.05, 0) is 6.92 Å². The summed E-state index contributed by atoms with van der Waals surface area (Å²) >= 11 is 0. The Hall–Kier alpha value is -1.26. The zero-order valence-electron chi connectivity index (χ0n) is 6.27. The number of pyridine rings is 1. The number of nitrogens with zero attached hydrogens (tertiary/aromatic N) is 1. The number of aromatic nitrogens is 1. The summed E-state index contributed by atoms with van der Waals surface area (Å²) in [6, 6.07) is 0.